The molecule has 0 bridgehead atoms. The molecule has 0 radical (unpaired) electrons. The second-order valence-electron chi connectivity index (χ2n) is 13.0. The van der Waals surface area contributed by atoms with Crippen molar-refractivity contribution in [3.8, 4) is 0 Å². The van der Waals surface area contributed by atoms with Gasteiger partial charge in [0.2, 0.25) is 0 Å². The van der Waals surface area contributed by atoms with E-state index < -0.39 is 33.8 Å². The summed E-state index contributed by atoms with van der Waals surface area (Å²) in [5.74, 6) is 0. The Morgan fingerprint density at radius 3 is 1.39 bits per heavy atom. The minimum Gasteiger partial charge on any atom is -0.437 e. The molecule has 36 heavy (non-hydrogen) atoms. The van der Waals surface area contributed by atoms with Gasteiger partial charge in [0.15, 0.2) is 16.6 Å². The van der Waals surface area contributed by atoms with Gasteiger partial charge in [-0.15, -0.1) is 0 Å². The summed E-state index contributed by atoms with van der Waals surface area (Å²) in [4.78, 5) is 0. The number of hydrogen-bond donors (Lipinski definition) is 1. The molecule has 0 aromatic carbocycles. The maximum Gasteiger partial charge on any atom is 0.315 e. The Hall–Kier alpha value is 0.668. The Bertz CT molecular complexity index is 545. The molecule has 1 N–H and O–H groups in total. The van der Waals surface area contributed by atoms with Gasteiger partial charge in [-0.25, -0.2) is 0 Å². The highest BCUT2D eigenvalue weighted by Gasteiger charge is 2.44. The van der Waals surface area contributed by atoms with E-state index in [1.54, 1.807) is 0 Å². The van der Waals surface area contributed by atoms with Gasteiger partial charge in [-0.2, -0.15) is 0 Å². The van der Waals surface area contributed by atoms with Gasteiger partial charge in [0.1, 0.15) is 0 Å². The molecular formula is C27H75NO4Si4. The first kappa shape index (κ1) is 49.6. The number of nitrogens with one attached hydrogen (secondary N) is 1. The fraction of sp³-hybridized carbons (Fsp3) is 1.00. The van der Waals surface area contributed by atoms with Crippen LogP contribution in [-0.4, -0.2) is 57.5 Å². The van der Waals surface area contributed by atoms with Gasteiger partial charge in [-0.3, -0.25) is 0 Å². The van der Waals surface area contributed by atoms with Crippen LogP contribution in [0, 0.1) is 0 Å². The average Bonchev–Trinajstić information content (AvgIpc) is 2.33. The summed E-state index contributed by atoms with van der Waals surface area (Å²) in [6.45, 7) is 29.9. The Labute approximate surface area is 236 Å². The van der Waals surface area contributed by atoms with Crippen LogP contribution in [0.15, 0.2) is 0 Å². The molecule has 1 unspecified atom stereocenters. The second-order valence-corrected chi connectivity index (χ2v) is 29.4. The predicted molar refractivity (Wildman–Crippen MR) is 179 cm³/mol. The molecule has 1 aliphatic heterocycles. The summed E-state index contributed by atoms with van der Waals surface area (Å²) < 4.78 is 26.3. The smallest absolute Gasteiger partial charge is 0.315 e. The highest BCUT2D eigenvalue weighted by molar-refractivity contribution is 6.89. The van der Waals surface area contributed by atoms with Gasteiger partial charge in [-0.1, -0.05) is 44.6 Å². The van der Waals surface area contributed by atoms with Crippen molar-refractivity contribution < 1.29 is 17.1 Å². The first-order valence-electron chi connectivity index (χ1n) is 11.6. The fourth-order valence-electron chi connectivity index (χ4n) is 5.04. The van der Waals surface area contributed by atoms with Crippen LogP contribution >= 0.6 is 0 Å². The van der Waals surface area contributed by atoms with Crippen LogP contribution in [0.3, 0.4) is 0 Å². The molecule has 9 heteroatoms. The van der Waals surface area contributed by atoms with Crippen LogP contribution in [-0.2, 0) is 17.1 Å². The van der Waals surface area contributed by atoms with Crippen molar-refractivity contribution in [3.63, 3.8) is 0 Å². The molecule has 0 spiro atoms. The molecule has 0 amide bonds. The van der Waals surface area contributed by atoms with E-state index in [4.69, 9.17) is 17.1 Å². The molecular weight excluding hydrogens is 515 g/mol. The molecule has 0 aliphatic carbocycles. The lowest BCUT2D eigenvalue weighted by molar-refractivity contribution is -0.0217. The molecule has 228 valence electrons. The zero-order valence-electron chi connectivity index (χ0n) is 22.2. The summed E-state index contributed by atoms with van der Waals surface area (Å²) in [7, 11) is -7.94. The lowest BCUT2D eigenvalue weighted by atomic mass is 9.81. The van der Waals surface area contributed by atoms with Crippen LogP contribution in [0.25, 0.3) is 0 Å². The maximum absolute atomic E-state index is 6.77. The minimum absolute atomic E-state index is 0. The minimum atomic E-state index is -2.34. The van der Waals surface area contributed by atoms with Crippen LogP contribution in [0.4, 0.5) is 0 Å². The summed E-state index contributed by atoms with van der Waals surface area (Å²) >= 11 is 0. The Morgan fingerprint density at radius 2 is 1.03 bits per heavy atom. The molecule has 1 rings (SSSR count). The zero-order chi connectivity index (χ0) is 23.6. The third-order valence-corrected chi connectivity index (χ3v) is 18.4. The summed E-state index contributed by atoms with van der Waals surface area (Å²) in [6, 6.07) is 0.959. The number of piperidine rings is 1. The van der Waals surface area contributed by atoms with E-state index >= 15 is 0 Å². The number of rotatable bonds is 11. The molecule has 0 aromatic heterocycles. The quantitative estimate of drug-likeness (QED) is 0.192. The number of ether oxygens (including phenoxy) is 1. The number of hydrogen-bond acceptors (Lipinski definition) is 5. The van der Waals surface area contributed by atoms with Gasteiger partial charge in [-0.05, 0) is 112 Å². The first-order valence-corrected chi connectivity index (χ1v) is 23.8. The van der Waals surface area contributed by atoms with Crippen molar-refractivity contribution >= 4 is 33.8 Å². The van der Waals surface area contributed by atoms with Crippen LogP contribution < -0.4 is 5.32 Å². The fourth-order valence-corrected chi connectivity index (χ4v) is 23.0. The topological polar surface area (TPSA) is 49.0 Å². The van der Waals surface area contributed by atoms with E-state index in [-0.39, 0.29) is 55.6 Å². The van der Waals surface area contributed by atoms with Gasteiger partial charge in [0.05, 0.1) is 6.10 Å². The summed E-state index contributed by atoms with van der Waals surface area (Å²) in [5.41, 5.74) is 0.229. The van der Waals surface area contributed by atoms with E-state index in [1.165, 1.54) is 0 Å². The monoisotopic (exact) mass is 589 g/mol. The second kappa shape index (κ2) is 17.4. The van der Waals surface area contributed by atoms with E-state index in [9.17, 15) is 0 Å². The molecule has 1 atom stereocenters. The highest BCUT2D eigenvalue weighted by Crippen LogP contribution is 2.31. The molecule has 1 fully saturated rings. The van der Waals surface area contributed by atoms with Crippen molar-refractivity contribution in [1.29, 1.82) is 0 Å². The summed E-state index contributed by atoms with van der Waals surface area (Å²) in [6.07, 6.45) is 3.40. The average molecular weight is 590 g/mol. The Balaban J connectivity index is -0.000000375. The van der Waals surface area contributed by atoms with Crippen molar-refractivity contribution in [3.05, 3.63) is 0 Å². The van der Waals surface area contributed by atoms with Crippen molar-refractivity contribution in [1.82, 2.24) is 5.32 Å². The van der Waals surface area contributed by atoms with Crippen molar-refractivity contribution in [2.75, 3.05) is 6.61 Å². The maximum atomic E-state index is 6.77. The third-order valence-electron chi connectivity index (χ3n) is 4.82. The third kappa shape index (κ3) is 21.6. The van der Waals surface area contributed by atoms with Crippen LogP contribution in [0.2, 0.25) is 65.0 Å². The van der Waals surface area contributed by atoms with Crippen molar-refractivity contribution in [2.45, 2.75) is 174 Å². The normalized spacial score (nSPS) is 18.9. The lowest BCUT2D eigenvalue weighted by Gasteiger charge is -2.46. The van der Waals surface area contributed by atoms with Gasteiger partial charge < -0.3 is 22.4 Å². The SMILES string of the molecule is C.C.C.C.C.C.CC1(C)CC(OCCC[Si](C)(O[Si](C)(C)C)O[Si](C)(C)O[Si](C)(C)C)CC(C)(C)N1. The largest absolute Gasteiger partial charge is 0.437 e. The molecule has 5 nitrogen and oxygen atoms in total. The van der Waals surface area contributed by atoms with Crippen LogP contribution in [0.5, 0.6) is 0 Å². The highest BCUT2D eigenvalue weighted by atomic mass is 28.5. The van der Waals surface area contributed by atoms with E-state index in [0.717, 1.165) is 31.9 Å². The summed E-state index contributed by atoms with van der Waals surface area (Å²) in [5, 5.41) is 3.73. The lowest BCUT2D eigenvalue weighted by Crippen LogP contribution is -2.59. The molecule has 1 aliphatic rings. The zero-order valence-corrected chi connectivity index (χ0v) is 26.2. The standard InChI is InChI=1S/C21H51NO4Si4.6CH4/c1-20(2)17-19(18-21(3,4)22-20)23-15-14-16-30(13,25-28(8,9)10)26-29(11,12)24-27(5,6)7;;;;;;/h19,22H,14-18H2,1-13H3;6*1H4. The molecule has 1 saturated heterocycles. The van der Waals surface area contributed by atoms with Crippen molar-refractivity contribution in [2.24, 2.45) is 0 Å². The predicted octanol–water partition coefficient (Wildman–Crippen LogP) is 10.0. The van der Waals surface area contributed by atoms with Gasteiger partial charge >= 0.3 is 17.1 Å². The first-order chi connectivity index (χ1) is 13.1. The van der Waals surface area contributed by atoms with Gasteiger partial charge in [0, 0.05) is 17.7 Å². The Kier molecular flexibility index (Phi) is 23.9. The molecule has 0 aromatic rings. The van der Waals surface area contributed by atoms with E-state index in [0.29, 0.717) is 6.10 Å². The van der Waals surface area contributed by atoms with E-state index in [2.05, 4.69) is 91.9 Å². The Morgan fingerprint density at radius 1 is 0.639 bits per heavy atom. The van der Waals surface area contributed by atoms with E-state index in [1.807, 2.05) is 0 Å². The van der Waals surface area contributed by atoms with Crippen LogP contribution in [0.1, 0.15) is 91.5 Å². The molecule has 1 heterocycles. The van der Waals surface area contributed by atoms with Gasteiger partial charge in [0.25, 0.3) is 0 Å². The molecule has 0 saturated carbocycles.